The normalized spacial score (nSPS) is 21.0. The van der Waals surface area contributed by atoms with Crippen molar-refractivity contribution in [2.75, 3.05) is 13.1 Å². The zero-order valence-electron chi connectivity index (χ0n) is 14.9. The molecule has 2 amide bonds. The fraction of sp³-hybridized carbons (Fsp3) is 0.526. The van der Waals surface area contributed by atoms with Gasteiger partial charge < -0.3 is 20.4 Å². The van der Waals surface area contributed by atoms with Crippen LogP contribution in [0.25, 0.3) is 0 Å². The summed E-state index contributed by atoms with van der Waals surface area (Å²) in [5.74, 6) is -2.24. The lowest BCUT2D eigenvalue weighted by atomic mass is 9.91. The minimum atomic E-state index is -0.908. The van der Waals surface area contributed by atoms with E-state index in [0.29, 0.717) is 25.8 Å². The summed E-state index contributed by atoms with van der Waals surface area (Å²) in [5.41, 5.74) is 1.01. The van der Waals surface area contributed by atoms with Crippen molar-refractivity contribution in [1.82, 2.24) is 10.2 Å². The molecule has 0 radical (unpaired) electrons. The van der Waals surface area contributed by atoms with Crippen LogP contribution >= 0.6 is 0 Å². The average molecular weight is 362 g/mol. The van der Waals surface area contributed by atoms with Gasteiger partial charge in [-0.1, -0.05) is 37.3 Å². The van der Waals surface area contributed by atoms with Gasteiger partial charge in [0.15, 0.2) is 0 Å². The maximum absolute atomic E-state index is 12.6. The highest BCUT2D eigenvalue weighted by molar-refractivity contribution is 5.77. The minimum absolute atomic E-state index is 0.0358. The van der Waals surface area contributed by atoms with Gasteiger partial charge in [-0.2, -0.15) is 0 Å². The second-order valence-corrected chi connectivity index (χ2v) is 7.05. The summed E-state index contributed by atoms with van der Waals surface area (Å²) >= 11 is 0. The van der Waals surface area contributed by atoms with Crippen LogP contribution in [0.2, 0.25) is 0 Å². The van der Waals surface area contributed by atoms with E-state index >= 15 is 0 Å². The van der Waals surface area contributed by atoms with Crippen molar-refractivity contribution < 1.29 is 24.6 Å². The number of nitrogens with one attached hydrogen (secondary N) is 1. The Morgan fingerprint density at radius 1 is 1.19 bits per heavy atom. The number of rotatable bonds is 7. The van der Waals surface area contributed by atoms with Gasteiger partial charge in [0.2, 0.25) is 0 Å². The minimum Gasteiger partial charge on any atom is -0.481 e. The van der Waals surface area contributed by atoms with Crippen LogP contribution in [0.5, 0.6) is 0 Å². The number of carboxylic acid groups (broad SMARTS) is 2. The molecule has 1 aliphatic rings. The first-order valence-electron chi connectivity index (χ1n) is 8.89. The summed E-state index contributed by atoms with van der Waals surface area (Å²) in [6.45, 7) is 2.62. The zero-order chi connectivity index (χ0) is 19.1. The Balaban J connectivity index is 2.01. The van der Waals surface area contributed by atoms with Crippen LogP contribution in [-0.4, -0.2) is 52.2 Å². The number of carbonyl (C=O) groups excluding carboxylic acids is 1. The molecule has 3 unspecified atom stereocenters. The van der Waals surface area contributed by atoms with Gasteiger partial charge in [0.25, 0.3) is 0 Å². The second-order valence-electron chi connectivity index (χ2n) is 7.05. The van der Waals surface area contributed by atoms with E-state index in [0.717, 1.165) is 5.56 Å². The lowest BCUT2D eigenvalue weighted by Gasteiger charge is -2.35. The first-order chi connectivity index (χ1) is 12.3. The first-order valence-corrected chi connectivity index (χ1v) is 8.89. The van der Waals surface area contributed by atoms with Gasteiger partial charge in [-0.25, -0.2) is 4.79 Å². The van der Waals surface area contributed by atoms with Crippen LogP contribution in [0, 0.1) is 11.8 Å². The molecule has 3 N–H and O–H groups in total. The van der Waals surface area contributed by atoms with Crippen molar-refractivity contribution in [2.45, 2.75) is 38.6 Å². The standard InChI is InChI=1S/C19H26N2O5/c1-13-9-15(18(24)25)12-21(11-13)19(26)20-16(7-8-17(22)23)10-14-5-3-2-4-6-14/h2-6,13,15-16H,7-12H2,1H3,(H,20,26)(H,22,23)(H,24,25). The summed E-state index contributed by atoms with van der Waals surface area (Å²) < 4.78 is 0. The molecule has 1 aliphatic heterocycles. The Morgan fingerprint density at radius 3 is 2.50 bits per heavy atom. The number of urea groups is 1. The molecular weight excluding hydrogens is 336 g/mol. The lowest BCUT2D eigenvalue weighted by Crippen LogP contribution is -2.52. The number of hydrogen-bond acceptors (Lipinski definition) is 3. The lowest BCUT2D eigenvalue weighted by molar-refractivity contribution is -0.144. The number of carbonyl (C=O) groups is 3. The molecule has 0 aromatic heterocycles. The quantitative estimate of drug-likeness (QED) is 0.689. The van der Waals surface area contributed by atoms with Gasteiger partial charge in [-0.3, -0.25) is 9.59 Å². The van der Waals surface area contributed by atoms with Crippen LogP contribution < -0.4 is 5.32 Å². The van der Waals surface area contributed by atoms with Gasteiger partial charge >= 0.3 is 18.0 Å². The van der Waals surface area contributed by atoms with E-state index in [4.69, 9.17) is 5.11 Å². The summed E-state index contributed by atoms with van der Waals surface area (Å²) in [6.07, 6.45) is 1.38. The number of amides is 2. The van der Waals surface area contributed by atoms with Crippen molar-refractivity contribution in [2.24, 2.45) is 11.8 Å². The largest absolute Gasteiger partial charge is 0.481 e. The number of carboxylic acids is 2. The van der Waals surface area contributed by atoms with E-state index in [-0.39, 0.29) is 31.0 Å². The molecule has 0 aliphatic carbocycles. The van der Waals surface area contributed by atoms with Crippen LogP contribution in [0.1, 0.15) is 31.7 Å². The summed E-state index contributed by atoms with van der Waals surface area (Å²) in [5, 5.41) is 21.1. The van der Waals surface area contributed by atoms with Gasteiger partial charge in [-0.05, 0) is 30.7 Å². The van der Waals surface area contributed by atoms with E-state index in [1.165, 1.54) is 4.90 Å². The van der Waals surface area contributed by atoms with Gasteiger partial charge in [0.1, 0.15) is 0 Å². The zero-order valence-corrected chi connectivity index (χ0v) is 14.9. The molecule has 1 fully saturated rings. The molecule has 1 aromatic rings. The van der Waals surface area contributed by atoms with Crippen LogP contribution in [-0.2, 0) is 16.0 Å². The predicted octanol–water partition coefficient (Wildman–Crippen LogP) is 2.21. The van der Waals surface area contributed by atoms with Crippen molar-refractivity contribution in [3.63, 3.8) is 0 Å². The molecule has 142 valence electrons. The molecule has 0 bridgehead atoms. The monoisotopic (exact) mass is 362 g/mol. The van der Waals surface area contributed by atoms with E-state index in [1.54, 1.807) is 0 Å². The Labute approximate surface area is 153 Å². The van der Waals surface area contributed by atoms with E-state index in [2.05, 4.69) is 5.32 Å². The average Bonchev–Trinajstić information content (AvgIpc) is 2.59. The number of piperidine rings is 1. The number of benzene rings is 1. The van der Waals surface area contributed by atoms with Crippen LogP contribution in [0.3, 0.4) is 0 Å². The van der Waals surface area contributed by atoms with Crippen molar-refractivity contribution in [3.8, 4) is 0 Å². The SMILES string of the molecule is CC1CC(C(=O)O)CN(C(=O)NC(CCC(=O)O)Cc2ccccc2)C1. The van der Waals surface area contributed by atoms with Crippen LogP contribution in [0.4, 0.5) is 4.79 Å². The summed E-state index contributed by atoms with van der Waals surface area (Å²) in [4.78, 5) is 36.4. The maximum Gasteiger partial charge on any atom is 0.317 e. The third-order valence-electron chi connectivity index (χ3n) is 4.66. The molecule has 1 heterocycles. The fourth-order valence-corrected chi connectivity index (χ4v) is 3.38. The van der Waals surface area contributed by atoms with Crippen LogP contribution in [0.15, 0.2) is 30.3 Å². The first kappa shape index (κ1) is 19.8. The molecule has 7 nitrogen and oxygen atoms in total. The summed E-state index contributed by atoms with van der Waals surface area (Å²) in [7, 11) is 0. The van der Waals surface area contributed by atoms with E-state index in [9.17, 15) is 19.5 Å². The number of likely N-dealkylation sites (tertiary alicyclic amines) is 1. The maximum atomic E-state index is 12.6. The molecule has 1 aromatic carbocycles. The highest BCUT2D eigenvalue weighted by Gasteiger charge is 2.32. The van der Waals surface area contributed by atoms with Crippen molar-refractivity contribution in [3.05, 3.63) is 35.9 Å². The molecule has 7 heteroatoms. The third kappa shape index (κ3) is 6.06. The van der Waals surface area contributed by atoms with Gasteiger partial charge in [0.05, 0.1) is 5.92 Å². The molecule has 0 saturated carbocycles. The number of nitrogens with zero attached hydrogens (tertiary/aromatic N) is 1. The molecular formula is C19H26N2O5. The second kappa shape index (κ2) is 9.22. The number of hydrogen-bond donors (Lipinski definition) is 3. The van der Waals surface area contributed by atoms with E-state index in [1.807, 2.05) is 37.3 Å². The Kier molecular flexibility index (Phi) is 7.00. The molecule has 1 saturated heterocycles. The third-order valence-corrected chi connectivity index (χ3v) is 4.66. The smallest absolute Gasteiger partial charge is 0.317 e. The fourth-order valence-electron chi connectivity index (χ4n) is 3.38. The molecule has 2 rings (SSSR count). The Bertz CT molecular complexity index is 634. The van der Waals surface area contributed by atoms with Crippen molar-refractivity contribution >= 4 is 18.0 Å². The predicted molar refractivity (Wildman–Crippen MR) is 95.8 cm³/mol. The van der Waals surface area contributed by atoms with Crippen molar-refractivity contribution in [1.29, 1.82) is 0 Å². The highest BCUT2D eigenvalue weighted by atomic mass is 16.4. The van der Waals surface area contributed by atoms with E-state index < -0.39 is 17.9 Å². The molecule has 26 heavy (non-hydrogen) atoms. The molecule has 0 spiro atoms. The number of aliphatic carboxylic acids is 2. The Hall–Kier alpha value is -2.57. The molecule has 3 atom stereocenters. The highest BCUT2D eigenvalue weighted by Crippen LogP contribution is 2.22. The van der Waals surface area contributed by atoms with Gasteiger partial charge in [0, 0.05) is 25.6 Å². The topological polar surface area (TPSA) is 107 Å². The van der Waals surface area contributed by atoms with Gasteiger partial charge in [-0.15, -0.1) is 0 Å². The summed E-state index contributed by atoms with van der Waals surface area (Å²) in [6, 6.07) is 8.92. The Morgan fingerprint density at radius 2 is 1.88 bits per heavy atom.